The summed E-state index contributed by atoms with van der Waals surface area (Å²) < 4.78 is 0. The van der Waals surface area contributed by atoms with Crippen LogP contribution in [0.4, 0.5) is 0 Å². The topological polar surface area (TPSA) is 3.24 Å². The van der Waals surface area contributed by atoms with Crippen molar-refractivity contribution in [2.45, 2.75) is 44.9 Å². The van der Waals surface area contributed by atoms with E-state index in [4.69, 9.17) is 0 Å². The van der Waals surface area contributed by atoms with Gasteiger partial charge in [-0.2, -0.15) is 0 Å². The maximum Gasteiger partial charge on any atom is 0.000966 e. The lowest BCUT2D eigenvalue weighted by molar-refractivity contribution is 0.158. The average Bonchev–Trinajstić information content (AvgIpc) is 2.31. The number of nitrogens with zero attached hydrogens (tertiary/aromatic N) is 1. The van der Waals surface area contributed by atoms with E-state index in [1.165, 1.54) is 64.6 Å². The van der Waals surface area contributed by atoms with Gasteiger partial charge in [0, 0.05) is 6.54 Å². The first-order valence-corrected chi connectivity index (χ1v) is 6.73. The molecule has 86 valence electrons. The fourth-order valence-electron chi connectivity index (χ4n) is 3.11. The summed E-state index contributed by atoms with van der Waals surface area (Å²) in [6.45, 7) is 7.91. The molecule has 1 aliphatic carbocycles. The molecular weight excluding hydrogens is 182 g/mol. The lowest BCUT2D eigenvalue weighted by Crippen LogP contribution is -2.37. The SMILES string of the molecule is C=CC1CCN(CC2CCCCC2)CC1. The lowest BCUT2D eigenvalue weighted by Gasteiger charge is -2.34. The number of hydrogen-bond donors (Lipinski definition) is 0. The molecule has 0 aromatic heterocycles. The maximum absolute atomic E-state index is 3.91. The number of piperidine rings is 1. The van der Waals surface area contributed by atoms with Crippen molar-refractivity contribution in [3.63, 3.8) is 0 Å². The van der Waals surface area contributed by atoms with Crippen LogP contribution in [0.15, 0.2) is 12.7 Å². The molecule has 15 heavy (non-hydrogen) atoms. The lowest BCUT2D eigenvalue weighted by atomic mass is 9.88. The molecule has 2 fully saturated rings. The number of allylic oxidation sites excluding steroid dienone is 1. The van der Waals surface area contributed by atoms with Gasteiger partial charge in [0.1, 0.15) is 0 Å². The highest BCUT2D eigenvalue weighted by Gasteiger charge is 2.21. The van der Waals surface area contributed by atoms with E-state index in [0.717, 1.165) is 11.8 Å². The fraction of sp³-hybridized carbons (Fsp3) is 0.857. The second-order valence-electron chi connectivity index (χ2n) is 5.38. The monoisotopic (exact) mass is 207 g/mol. The first-order valence-electron chi connectivity index (χ1n) is 6.73. The summed E-state index contributed by atoms with van der Waals surface area (Å²) in [6, 6.07) is 0. The summed E-state index contributed by atoms with van der Waals surface area (Å²) in [5.74, 6) is 1.81. The Morgan fingerprint density at radius 2 is 1.67 bits per heavy atom. The minimum Gasteiger partial charge on any atom is -0.303 e. The zero-order chi connectivity index (χ0) is 10.5. The molecule has 2 rings (SSSR count). The van der Waals surface area contributed by atoms with Crippen molar-refractivity contribution in [1.29, 1.82) is 0 Å². The van der Waals surface area contributed by atoms with Crippen LogP contribution < -0.4 is 0 Å². The van der Waals surface area contributed by atoms with Crippen LogP contribution in [0.1, 0.15) is 44.9 Å². The zero-order valence-corrected chi connectivity index (χ0v) is 9.96. The van der Waals surface area contributed by atoms with Crippen LogP contribution >= 0.6 is 0 Å². The van der Waals surface area contributed by atoms with Gasteiger partial charge in [-0.3, -0.25) is 0 Å². The van der Waals surface area contributed by atoms with Crippen molar-refractivity contribution in [2.75, 3.05) is 19.6 Å². The van der Waals surface area contributed by atoms with Gasteiger partial charge in [0.25, 0.3) is 0 Å². The smallest absolute Gasteiger partial charge is 0.000966 e. The molecule has 0 unspecified atom stereocenters. The molecular formula is C14H25N. The molecule has 0 amide bonds. The van der Waals surface area contributed by atoms with Crippen LogP contribution in [0.3, 0.4) is 0 Å². The van der Waals surface area contributed by atoms with Gasteiger partial charge >= 0.3 is 0 Å². The number of rotatable bonds is 3. The predicted octanol–water partition coefficient (Wildman–Crippen LogP) is 3.46. The molecule has 0 spiro atoms. The Labute approximate surface area is 94.5 Å². The van der Waals surface area contributed by atoms with Crippen molar-refractivity contribution in [2.24, 2.45) is 11.8 Å². The van der Waals surface area contributed by atoms with Gasteiger partial charge in [-0.25, -0.2) is 0 Å². The Hall–Kier alpha value is -0.300. The second kappa shape index (κ2) is 5.69. The minimum absolute atomic E-state index is 0.799. The largest absolute Gasteiger partial charge is 0.303 e. The average molecular weight is 207 g/mol. The van der Waals surface area contributed by atoms with Crippen molar-refractivity contribution in [3.8, 4) is 0 Å². The molecule has 1 heteroatoms. The second-order valence-corrected chi connectivity index (χ2v) is 5.38. The molecule has 1 saturated heterocycles. The molecule has 0 bridgehead atoms. The fourth-order valence-corrected chi connectivity index (χ4v) is 3.11. The first-order chi connectivity index (χ1) is 7.38. The third-order valence-corrected chi connectivity index (χ3v) is 4.21. The summed E-state index contributed by atoms with van der Waals surface area (Å²) in [4.78, 5) is 2.69. The van der Waals surface area contributed by atoms with E-state index in [1.807, 2.05) is 0 Å². The maximum atomic E-state index is 3.91. The summed E-state index contributed by atoms with van der Waals surface area (Å²) in [5, 5.41) is 0. The van der Waals surface area contributed by atoms with E-state index in [0.29, 0.717) is 0 Å². The molecule has 1 saturated carbocycles. The summed E-state index contributed by atoms with van der Waals surface area (Å²) in [5.41, 5.74) is 0. The van der Waals surface area contributed by atoms with Gasteiger partial charge in [-0.15, -0.1) is 6.58 Å². The molecule has 0 atom stereocenters. The minimum atomic E-state index is 0.799. The molecule has 0 aromatic rings. The highest BCUT2D eigenvalue weighted by Crippen LogP contribution is 2.26. The van der Waals surface area contributed by atoms with Gasteiger partial charge in [0.05, 0.1) is 0 Å². The van der Waals surface area contributed by atoms with E-state index in [1.54, 1.807) is 0 Å². The zero-order valence-electron chi connectivity index (χ0n) is 9.96. The summed E-state index contributed by atoms with van der Waals surface area (Å²) >= 11 is 0. The third kappa shape index (κ3) is 3.34. The standard InChI is InChI=1S/C14H25N/c1-2-13-8-10-15(11-9-13)12-14-6-4-3-5-7-14/h2,13-14H,1,3-12H2. The van der Waals surface area contributed by atoms with Crippen LogP contribution in [0.25, 0.3) is 0 Å². The van der Waals surface area contributed by atoms with E-state index >= 15 is 0 Å². The number of likely N-dealkylation sites (tertiary alicyclic amines) is 1. The van der Waals surface area contributed by atoms with E-state index in [9.17, 15) is 0 Å². The Morgan fingerprint density at radius 3 is 2.27 bits per heavy atom. The van der Waals surface area contributed by atoms with E-state index in [-0.39, 0.29) is 0 Å². The normalized spacial score (nSPS) is 26.7. The van der Waals surface area contributed by atoms with Crippen molar-refractivity contribution in [1.82, 2.24) is 4.90 Å². The molecule has 1 heterocycles. The summed E-state index contributed by atoms with van der Waals surface area (Å²) in [6.07, 6.45) is 12.3. The van der Waals surface area contributed by atoms with Crippen LogP contribution in [-0.4, -0.2) is 24.5 Å². The van der Waals surface area contributed by atoms with Gasteiger partial charge in [0.2, 0.25) is 0 Å². The Kier molecular flexibility index (Phi) is 4.25. The Balaban J connectivity index is 1.69. The van der Waals surface area contributed by atoms with Crippen molar-refractivity contribution in [3.05, 3.63) is 12.7 Å². The molecule has 0 N–H and O–H groups in total. The van der Waals surface area contributed by atoms with Gasteiger partial charge < -0.3 is 4.90 Å². The molecule has 0 aromatic carbocycles. The van der Waals surface area contributed by atoms with E-state index < -0.39 is 0 Å². The van der Waals surface area contributed by atoms with Crippen LogP contribution in [0.5, 0.6) is 0 Å². The molecule has 1 nitrogen and oxygen atoms in total. The molecule has 1 aliphatic heterocycles. The number of hydrogen-bond acceptors (Lipinski definition) is 1. The summed E-state index contributed by atoms with van der Waals surface area (Å²) in [7, 11) is 0. The first kappa shape index (κ1) is 11.2. The van der Waals surface area contributed by atoms with Gasteiger partial charge in [0.15, 0.2) is 0 Å². The van der Waals surface area contributed by atoms with Gasteiger partial charge in [-0.05, 0) is 50.6 Å². The third-order valence-electron chi connectivity index (χ3n) is 4.21. The van der Waals surface area contributed by atoms with Crippen LogP contribution in [-0.2, 0) is 0 Å². The van der Waals surface area contributed by atoms with Crippen molar-refractivity contribution >= 4 is 0 Å². The van der Waals surface area contributed by atoms with Gasteiger partial charge in [-0.1, -0.05) is 25.3 Å². The highest BCUT2D eigenvalue weighted by atomic mass is 15.1. The Morgan fingerprint density at radius 1 is 1.00 bits per heavy atom. The van der Waals surface area contributed by atoms with E-state index in [2.05, 4.69) is 17.6 Å². The predicted molar refractivity (Wildman–Crippen MR) is 65.9 cm³/mol. The highest BCUT2D eigenvalue weighted by molar-refractivity contribution is 4.85. The molecule has 0 radical (unpaired) electrons. The van der Waals surface area contributed by atoms with Crippen LogP contribution in [0.2, 0.25) is 0 Å². The van der Waals surface area contributed by atoms with Crippen molar-refractivity contribution < 1.29 is 0 Å². The molecule has 2 aliphatic rings. The van der Waals surface area contributed by atoms with Crippen LogP contribution in [0, 0.1) is 11.8 Å². The quantitative estimate of drug-likeness (QED) is 0.641. The Bertz CT molecular complexity index is 186.